The Hall–Kier alpha value is -7.62. The number of rotatable bonds is 5. The van der Waals surface area contributed by atoms with Gasteiger partial charge in [0.2, 0.25) is 0 Å². The van der Waals surface area contributed by atoms with E-state index in [0.717, 1.165) is 44.7 Å². The lowest BCUT2D eigenvalue weighted by Crippen LogP contribution is -2.36. The molecule has 3 heteroatoms. The maximum absolute atomic E-state index is 6.38. The molecule has 0 saturated carbocycles. The standard InChI is InChI=1S/C58H40N2O/c1-57(2)48-23-11-9-20-42(48)43-31-28-40(35-50(43)57)59(39-30-33-55-47(34-39)45-21-10-14-27-54(45)61-55)41-29-32-44-46-22-15-26-53-56(46)58(51(44)36-41,37-16-5-3-6-17-37)49-24-12-13-25-52(49)60(53)38-18-7-4-8-19-38/h3-36H,1-2H3. The number of anilines is 6. The van der Waals surface area contributed by atoms with Crippen molar-refractivity contribution in [3.8, 4) is 22.3 Å². The van der Waals surface area contributed by atoms with Gasteiger partial charge in [-0.1, -0.05) is 147 Å². The van der Waals surface area contributed by atoms with E-state index in [1.807, 2.05) is 6.07 Å². The van der Waals surface area contributed by atoms with Gasteiger partial charge in [0.25, 0.3) is 0 Å². The first-order valence-electron chi connectivity index (χ1n) is 21.3. The average Bonchev–Trinajstić information content (AvgIpc) is 3.91. The smallest absolute Gasteiger partial charge is 0.135 e. The lowest BCUT2D eigenvalue weighted by Gasteiger charge is -2.44. The quantitative estimate of drug-likeness (QED) is 0.173. The van der Waals surface area contributed by atoms with Gasteiger partial charge in [0, 0.05) is 44.5 Å². The van der Waals surface area contributed by atoms with Gasteiger partial charge in [-0.3, -0.25) is 0 Å². The van der Waals surface area contributed by atoms with Crippen molar-refractivity contribution in [1.29, 1.82) is 0 Å². The minimum atomic E-state index is -0.571. The molecule has 3 nitrogen and oxygen atoms in total. The Morgan fingerprint density at radius 3 is 1.80 bits per heavy atom. The van der Waals surface area contributed by atoms with E-state index >= 15 is 0 Å². The molecule has 9 aromatic carbocycles. The van der Waals surface area contributed by atoms with Crippen LogP contribution < -0.4 is 9.80 Å². The van der Waals surface area contributed by atoms with Gasteiger partial charge in [-0.05, 0) is 123 Å². The molecule has 0 radical (unpaired) electrons. The molecule has 1 unspecified atom stereocenters. The zero-order chi connectivity index (χ0) is 40.5. The monoisotopic (exact) mass is 780 g/mol. The maximum Gasteiger partial charge on any atom is 0.135 e. The Morgan fingerprint density at radius 1 is 0.410 bits per heavy atom. The fourth-order valence-electron chi connectivity index (χ4n) is 11.2. The van der Waals surface area contributed by atoms with Crippen LogP contribution in [-0.2, 0) is 10.8 Å². The van der Waals surface area contributed by atoms with E-state index in [-0.39, 0.29) is 5.41 Å². The summed E-state index contributed by atoms with van der Waals surface area (Å²) in [6.45, 7) is 4.73. The predicted molar refractivity (Wildman–Crippen MR) is 252 cm³/mol. The summed E-state index contributed by atoms with van der Waals surface area (Å²) < 4.78 is 6.38. The minimum absolute atomic E-state index is 0.151. The van der Waals surface area contributed by atoms with Crippen LogP contribution in [0.15, 0.2) is 211 Å². The maximum atomic E-state index is 6.38. The molecule has 1 aliphatic heterocycles. The molecule has 1 atom stereocenters. The summed E-state index contributed by atoms with van der Waals surface area (Å²) in [6, 6.07) is 76.1. The summed E-state index contributed by atoms with van der Waals surface area (Å²) in [6.07, 6.45) is 0. The van der Waals surface area contributed by atoms with Gasteiger partial charge in [0.05, 0.1) is 16.8 Å². The Bertz CT molecular complexity index is 3420. The van der Waals surface area contributed by atoms with Gasteiger partial charge in [0.15, 0.2) is 0 Å². The highest BCUT2D eigenvalue weighted by Gasteiger charge is 2.52. The van der Waals surface area contributed by atoms with Gasteiger partial charge in [0.1, 0.15) is 11.2 Å². The van der Waals surface area contributed by atoms with Crippen LogP contribution in [0.4, 0.5) is 34.1 Å². The second-order valence-electron chi connectivity index (χ2n) is 17.2. The normalized spacial score (nSPS) is 16.2. The molecule has 61 heavy (non-hydrogen) atoms. The summed E-state index contributed by atoms with van der Waals surface area (Å²) in [4.78, 5) is 4.93. The molecule has 0 fully saturated rings. The Morgan fingerprint density at radius 2 is 0.984 bits per heavy atom. The van der Waals surface area contributed by atoms with Crippen molar-refractivity contribution >= 4 is 56.1 Å². The zero-order valence-electron chi connectivity index (χ0n) is 33.9. The molecule has 0 bridgehead atoms. The lowest BCUT2D eigenvalue weighted by atomic mass is 9.65. The van der Waals surface area contributed by atoms with E-state index in [9.17, 15) is 0 Å². The predicted octanol–water partition coefficient (Wildman–Crippen LogP) is 15.5. The van der Waals surface area contributed by atoms with Crippen LogP contribution in [0.3, 0.4) is 0 Å². The molecular weight excluding hydrogens is 741 g/mol. The third-order valence-electron chi connectivity index (χ3n) is 13.8. The lowest BCUT2D eigenvalue weighted by molar-refractivity contribution is 0.660. The molecule has 2 aliphatic carbocycles. The topological polar surface area (TPSA) is 19.6 Å². The van der Waals surface area contributed by atoms with Gasteiger partial charge in [-0.25, -0.2) is 0 Å². The molecule has 1 aromatic heterocycles. The van der Waals surface area contributed by atoms with Crippen LogP contribution in [0.25, 0.3) is 44.2 Å². The van der Waals surface area contributed by atoms with Crippen LogP contribution in [0.5, 0.6) is 0 Å². The first-order chi connectivity index (χ1) is 30.0. The summed E-state index contributed by atoms with van der Waals surface area (Å²) in [7, 11) is 0. The van der Waals surface area contributed by atoms with Crippen molar-refractivity contribution in [2.45, 2.75) is 24.7 Å². The summed E-state index contributed by atoms with van der Waals surface area (Å²) >= 11 is 0. The number of hydrogen-bond acceptors (Lipinski definition) is 3. The molecule has 0 saturated heterocycles. The van der Waals surface area contributed by atoms with Crippen molar-refractivity contribution in [2.75, 3.05) is 9.80 Å². The molecule has 3 aliphatic rings. The van der Waals surface area contributed by atoms with E-state index in [1.165, 1.54) is 67.0 Å². The van der Waals surface area contributed by atoms with Crippen LogP contribution in [0, 0.1) is 0 Å². The molecule has 288 valence electrons. The SMILES string of the molecule is CC1(C)c2ccccc2-c2ccc(N(c3ccc4c(c3)C3(c5ccccc5)c5ccccc5N(c5ccccc5)c5cccc-4c53)c3ccc4oc5ccccc5c4c3)cc21. The zero-order valence-corrected chi connectivity index (χ0v) is 33.9. The Labute approximate surface area is 355 Å². The van der Waals surface area contributed by atoms with Gasteiger partial charge >= 0.3 is 0 Å². The second kappa shape index (κ2) is 12.5. The summed E-state index contributed by atoms with van der Waals surface area (Å²) in [5.74, 6) is 0. The number of fused-ring (bicyclic) bond motifs is 11. The fourth-order valence-corrected chi connectivity index (χ4v) is 11.2. The van der Waals surface area contributed by atoms with E-state index < -0.39 is 5.41 Å². The average molecular weight is 781 g/mol. The van der Waals surface area contributed by atoms with E-state index in [0.29, 0.717) is 0 Å². The number of hydrogen-bond donors (Lipinski definition) is 0. The highest BCUT2D eigenvalue weighted by Crippen LogP contribution is 2.65. The summed E-state index contributed by atoms with van der Waals surface area (Å²) in [5, 5.41) is 2.22. The van der Waals surface area contributed by atoms with Crippen molar-refractivity contribution < 1.29 is 4.42 Å². The number of benzene rings is 9. The van der Waals surface area contributed by atoms with Crippen LogP contribution in [0.1, 0.15) is 47.2 Å². The van der Waals surface area contributed by atoms with E-state index in [4.69, 9.17) is 4.42 Å². The second-order valence-corrected chi connectivity index (χ2v) is 17.2. The first kappa shape index (κ1) is 34.3. The minimum Gasteiger partial charge on any atom is -0.456 e. The van der Waals surface area contributed by atoms with Gasteiger partial charge in [-0.15, -0.1) is 0 Å². The molecule has 13 rings (SSSR count). The number of para-hydroxylation sites is 3. The molecule has 10 aromatic rings. The molecular formula is C58H40N2O. The highest BCUT2D eigenvalue weighted by atomic mass is 16.3. The largest absolute Gasteiger partial charge is 0.456 e. The third kappa shape index (κ3) is 4.58. The molecule has 2 heterocycles. The Balaban J connectivity index is 1.09. The molecule has 0 N–H and O–H groups in total. The summed E-state index contributed by atoms with van der Waals surface area (Å²) in [5.41, 5.74) is 20.9. The highest BCUT2D eigenvalue weighted by molar-refractivity contribution is 6.07. The number of nitrogens with zero attached hydrogens (tertiary/aromatic N) is 2. The van der Waals surface area contributed by atoms with Crippen molar-refractivity contribution in [3.63, 3.8) is 0 Å². The van der Waals surface area contributed by atoms with Crippen molar-refractivity contribution in [3.05, 3.63) is 240 Å². The molecule has 0 amide bonds. The van der Waals surface area contributed by atoms with Crippen LogP contribution in [0.2, 0.25) is 0 Å². The molecule has 0 spiro atoms. The fraction of sp³-hybridized carbons (Fsp3) is 0.0690. The Kier molecular flexibility index (Phi) is 6.99. The van der Waals surface area contributed by atoms with Crippen molar-refractivity contribution in [1.82, 2.24) is 0 Å². The third-order valence-corrected chi connectivity index (χ3v) is 13.8. The van der Waals surface area contributed by atoms with Gasteiger partial charge in [-0.2, -0.15) is 0 Å². The van der Waals surface area contributed by atoms with E-state index in [2.05, 4.69) is 224 Å². The van der Waals surface area contributed by atoms with Crippen LogP contribution in [-0.4, -0.2) is 0 Å². The van der Waals surface area contributed by atoms with Crippen molar-refractivity contribution in [2.24, 2.45) is 0 Å². The van der Waals surface area contributed by atoms with Gasteiger partial charge < -0.3 is 14.2 Å². The van der Waals surface area contributed by atoms with Crippen LogP contribution >= 0.6 is 0 Å². The van der Waals surface area contributed by atoms with E-state index in [1.54, 1.807) is 0 Å². The number of furan rings is 1. The first-order valence-corrected chi connectivity index (χ1v) is 21.3.